The highest BCUT2D eigenvalue weighted by Gasteiger charge is 2.99. The highest BCUT2D eigenvalue weighted by atomic mass is 16.7. The molecule has 9 atom stereocenters. The Hall–Kier alpha value is -1.97. The first-order chi connectivity index (χ1) is 13.5. The van der Waals surface area contributed by atoms with Crippen molar-refractivity contribution in [3.05, 3.63) is 11.1 Å². The molecule has 2 spiro atoms. The van der Waals surface area contributed by atoms with Crippen LogP contribution in [0.4, 0.5) is 0 Å². The fourth-order valence-corrected chi connectivity index (χ4v) is 7.64. The van der Waals surface area contributed by atoms with Gasteiger partial charge in [-0.3, -0.25) is 0 Å². The predicted molar refractivity (Wildman–Crippen MR) is 90.6 cm³/mol. The van der Waals surface area contributed by atoms with Crippen LogP contribution in [0.1, 0.15) is 34.1 Å². The SMILES string of the molecule is CC1=C2[C@H](OC1=O)[C@@H](O)[C@]13[C@@H]4C[C@H](C(C)(C)C)C15C(O)C(=O)O[C@@H]5O[C@]23C(=O)O4. The molecule has 5 fully saturated rings. The zero-order valence-electron chi connectivity index (χ0n) is 16.4. The van der Waals surface area contributed by atoms with Crippen LogP contribution in [0.2, 0.25) is 0 Å². The van der Waals surface area contributed by atoms with Crippen molar-refractivity contribution in [2.75, 3.05) is 0 Å². The predicted octanol–water partition coefficient (Wildman–Crippen LogP) is -0.420. The summed E-state index contributed by atoms with van der Waals surface area (Å²) in [6.07, 6.45) is -5.81. The highest BCUT2D eigenvalue weighted by Crippen LogP contribution is 2.83. The molecule has 3 saturated heterocycles. The number of carbonyl (C=O) groups is 3. The van der Waals surface area contributed by atoms with E-state index in [9.17, 15) is 24.6 Å². The monoisotopic (exact) mass is 406 g/mol. The van der Waals surface area contributed by atoms with Gasteiger partial charge in [-0.25, -0.2) is 14.4 Å². The standard InChI is InChI=1S/C20H22O9/c1-6-9-10(27-13(6)23)11(21)19-8-5-7(17(2,3)4)18(19)12(22)14(24)28-16(18)29-20(9,19)15(25)26-8/h7-8,10-12,16,21-22H,5H2,1-4H3/t7-,8+,10+,11-,12?,16-,18?,19-,20+/m1/s1. The van der Waals surface area contributed by atoms with Gasteiger partial charge in [0, 0.05) is 11.1 Å². The van der Waals surface area contributed by atoms with Crippen LogP contribution in [0.25, 0.3) is 0 Å². The summed E-state index contributed by atoms with van der Waals surface area (Å²) in [5.41, 5.74) is -4.76. The molecule has 4 heterocycles. The second-order valence-corrected chi connectivity index (χ2v) is 10.1. The zero-order valence-corrected chi connectivity index (χ0v) is 16.4. The molecule has 9 heteroatoms. The Morgan fingerprint density at radius 1 is 1.07 bits per heavy atom. The van der Waals surface area contributed by atoms with E-state index in [1.165, 1.54) is 6.92 Å². The smallest absolute Gasteiger partial charge is 0.344 e. The molecule has 0 bridgehead atoms. The Labute approximate surface area is 165 Å². The van der Waals surface area contributed by atoms with E-state index in [4.69, 9.17) is 18.9 Å². The van der Waals surface area contributed by atoms with E-state index in [1.807, 2.05) is 20.8 Å². The van der Waals surface area contributed by atoms with Crippen molar-refractivity contribution < 1.29 is 43.5 Å². The number of hydrogen-bond donors (Lipinski definition) is 2. The minimum Gasteiger partial charge on any atom is -0.459 e. The van der Waals surface area contributed by atoms with Crippen LogP contribution in [0.15, 0.2) is 11.1 Å². The Balaban J connectivity index is 1.73. The van der Waals surface area contributed by atoms with Crippen molar-refractivity contribution in [1.29, 1.82) is 0 Å². The zero-order chi connectivity index (χ0) is 20.9. The van der Waals surface area contributed by atoms with E-state index in [0.717, 1.165) is 0 Å². The molecule has 2 saturated carbocycles. The molecule has 29 heavy (non-hydrogen) atoms. The lowest BCUT2D eigenvalue weighted by Gasteiger charge is -2.47. The van der Waals surface area contributed by atoms with Gasteiger partial charge in [0.05, 0.1) is 10.8 Å². The Bertz CT molecular complexity index is 946. The van der Waals surface area contributed by atoms with E-state index >= 15 is 0 Å². The van der Waals surface area contributed by atoms with Gasteiger partial charge in [0.1, 0.15) is 12.2 Å². The first kappa shape index (κ1) is 17.9. The number of aliphatic hydroxyl groups excluding tert-OH is 2. The Morgan fingerprint density at radius 2 is 1.76 bits per heavy atom. The van der Waals surface area contributed by atoms with Crippen LogP contribution in [-0.2, 0) is 33.3 Å². The van der Waals surface area contributed by atoms with Crippen molar-refractivity contribution in [2.24, 2.45) is 22.2 Å². The van der Waals surface area contributed by atoms with Crippen LogP contribution >= 0.6 is 0 Å². The lowest BCUT2D eigenvalue weighted by molar-refractivity contribution is -0.193. The van der Waals surface area contributed by atoms with Gasteiger partial charge in [-0.05, 0) is 24.7 Å². The third kappa shape index (κ3) is 1.36. The second kappa shape index (κ2) is 4.53. The molecule has 0 aromatic rings. The Morgan fingerprint density at radius 3 is 2.41 bits per heavy atom. The van der Waals surface area contributed by atoms with E-state index in [1.54, 1.807) is 0 Å². The molecule has 2 aliphatic carbocycles. The molecule has 4 aliphatic heterocycles. The van der Waals surface area contributed by atoms with Crippen LogP contribution < -0.4 is 0 Å². The first-order valence-electron chi connectivity index (χ1n) is 9.85. The molecular formula is C20H22O9. The minimum atomic E-state index is -1.83. The number of ether oxygens (including phenoxy) is 4. The van der Waals surface area contributed by atoms with E-state index in [-0.39, 0.29) is 17.1 Å². The fraction of sp³-hybridized carbons (Fsp3) is 0.750. The quantitative estimate of drug-likeness (QED) is 0.407. The van der Waals surface area contributed by atoms with Crippen molar-refractivity contribution in [3.63, 3.8) is 0 Å². The number of rotatable bonds is 0. The van der Waals surface area contributed by atoms with Gasteiger partial charge in [0.25, 0.3) is 0 Å². The molecule has 0 aromatic heterocycles. The van der Waals surface area contributed by atoms with Gasteiger partial charge >= 0.3 is 17.9 Å². The molecular weight excluding hydrogens is 384 g/mol. The summed E-state index contributed by atoms with van der Waals surface area (Å²) in [6.45, 7) is 7.41. The van der Waals surface area contributed by atoms with Gasteiger partial charge < -0.3 is 29.2 Å². The topological polar surface area (TPSA) is 129 Å². The average Bonchev–Trinajstić information content (AvgIpc) is 3.34. The molecule has 6 aliphatic rings. The van der Waals surface area contributed by atoms with E-state index in [0.29, 0.717) is 6.42 Å². The maximum atomic E-state index is 13.3. The maximum absolute atomic E-state index is 13.3. The van der Waals surface area contributed by atoms with Gasteiger partial charge in [0.15, 0.2) is 12.2 Å². The van der Waals surface area contributed by atoms with Crippen LogP contribution in [-0.4, -0.2) is 64.4 Å². The van der Waals surface area contributed by atoms with Crippen LogP contribution in [0, 0.1) is 22.2 Å². The molecule has 0 amide bonds. The van der Waals surface area contributed by atoms with Crippen LogP contribution in [0.3, 0.4) is 0 Å². The number of aliphatic hydroxyl groups is 2. The summed E-state index contributed by atoms with van der Waals surface area (Å²) in [6, 6.07) is 0. The average molecular weight is 406 g/mol. The van der Waals surface area contributed by atoms with Crippen molar-refractivity contribution in [2.45, 2.75) is 70.4 Å². The molecule has 9 nitrogen and oxygen atoms in total. The van der Waals surface area contributed by atoms with Crippen molar-refractivity contribution in [1.82, 2.24) is 0 Å². The third-order valence-electron chi connectivity index (χ3n) is 8.35. The second-order valence-electron chi connectivity index (χ2n) is 10.1. The van der Waals surface area contributed by atoms with Gasteiger partial charge in [0.2, 0.25) is 11.9 Å². The number of fused-ring (bicyclic) bond motifs is 1. The van der Waals surface area contributed by atoms with E-state index < -0.39 is 70.5 Å². The molecule has 2 unspecified atom stereocenters. The normalized spacial score (nSPS) is 54.2. The summed E-state index contributed by atoms with van der Waals surface area (Å²) in [7, 11) is 0. The third-order valence-corrected chi connectivity index (χ3v) is 8.35. The number of hydrogen-bond acceptors (Lipinski definition) is 9. The van der Waals surface area contributed by atoms with E-state index in [2.05, 4.69) is 0 Å². The number of carbonyl (C=O) groups excluding carboxylic acids is 3. The van der Waals surface area contributed by atoms with Gasteiger partial charge in [-0.2, -0.15) is 0 Å². The molecule has 6 rings (SSSR count). The summed E-state index contributed by atoms with van der Waals surface area (Å²) >= 11 is 0. The Kier molecular flexibility index (Phi) is 2.79. The highest BCUT2D eigenvalue weighted by molar-refractivity contribution is 6.00. The van der Waals surface area contributed by atoms with Crippen LogP contribution in [0.5, 0.6) is 0 Å². The maximum Gasteiger partial charge on any atom is 0.344 e. The molecule has 0 aromatic carbocycles. The largest absolute Gasteiger partial charge is 0.459 e. The number of esters is 3. The van der Waals surface area contributed by atoms with Gasteiger partial charge in [-0.15, -0.1) is 0 Å². The lowest BCUT2D eigenvalue weighted by atomic mass is 9.51. The van der Waals surface area contributed by atoms with Gasteiger partial charge in [-0.1, -0.05) is 20.8 Å². The lowest BCUT2D eigenvalue weighted by Crippen LogP contribution is -2.62. The first-order valence-corrected chi connectivity index (χ1v) is 9.85. The summed E-state index contributed by atoms with van der Waals surface area (Å²) in [4.78, 5) is 38.0. The summed E-state index contributed by atoms with van der Waals surface area (Å²) < 4.78 is 22.8. The molecule has 156 valence electrons. The summed E-state index contributed by atoms with van der Waals surface area (Å²) in [5, 5.41) is 22.8. The minimum absolute atomic E-state index is 0.179. The van der Waals surface area contributed by atoms with Crippen molar-refractivity contribution >= 4 is 17.9 Å². The molecule has 0 radical (unpaired) electrons. The van der Waals surface area contributed by atoms with Crippen molar-refractivity contribution in [3.8, 4) is 0 Å². The fourth-order valence-electron chi connectivity index (χ4n) is 7.64. The molecule has 2 N–H and O–H groups in total. The summed E-state index contributed by atoms with van der Waals surface area (Å²) in [5.74, 6) is -2.59.